The van der Waals surface area contributed by atoms with Crippen LogP contribution in [0.5, 0.6) is 5.75 Å². The molecule has 7 heteroatoms. The van der Waals surface area contributed by atoms with Crippen LogP contribution in [-0.2, 0) is 4.79 Å². The molecule has 4 rings (SSSR count). The van der Waals surface area contributed by atoms with Gasteiger partial charge in [-0.25, -0.2) is 0 Å². The number of β-lactam (4-membered cyclic amide) rings is 1. The van der Waals surface area contributed by atoms with E-state index in [0.29, 0.717) is 5.75 Å². The first-order valence-corrected chi connectivity index (χ1v) is 9.89. The summed E-state index contributed by atoms with van der Waals surface area (Å²) >= 11 is 1.51. The number of nitrogens with zero attached hydrogens (tertiary/aromatic N) is 2. The van der Waals surface area contributed by atoms with Crippen LogP contribution in [0.4, 0.5) is 11.4 Å². The fourth-order valence-electron chi connectivity index (χ4n) is 3.37. The average Bonchev–Trinajstić information content (AvgIpc) is 2.76. The van der Waals surface area contributed by atoms with Gasteiger partial charge in [-0.1, -0.05) is 30.3 Å². The van der Waals surface area contributed by atoms with Gasteiger partial charge in [0, 0.05) is 22.7 Å². The van der Waals surface area contributed by atoms with E-state index in [1.807, 2.05) is 54.6 Å². The largest absolute Gasteiger partial charge is 0.497 e. The molecular formula is C22H18N2O4S. The van der Waals surface area contributed by atoms with E-state index in [4.69, 9.17) is 4.74 Å². The molecule has 1 saturated heterocycles. The molecule has 1 fully saturated rings. The molecule has 6 nitrogen and oxygen atoms in total. The molecule has 0 bridgehead atoms. The highest BCUT2D eigenvalue weighted by Crippen LogP contribution is 2.47. The SMILES string of the molecule is COc1ccc(N2C(=O)[C@@H](Sc3ccccc3)[C@@H]2c2ccc([N+](=O)[O-])cc2)cc1. The second kappa shape index (κ2) is 7.97. The number of anilines is 1. The maximum atomic E-state index is 13.0. The average molecular weight is 406 g/mol. The van der Waals surface area contributed by atoms with Crippen LogP contribution in [0.2, 0.25) is 0 Å². The van der Waals surface area contributed by atoms with Gasteiger partial charge in [0.2, 0.25) is 5.91 Å². The zero-order valence-corrected chi connectivity index (χ0v) is 16.4. The zero-order chi connectivity index (χ0) is 20.4. The van der Waals surface area contributed by atoms with E-state index in [0.717, 1.165) is 16.1 Å². The molecule has 29 heavy (non-hydrogen) atoms. The number of hydrogen-bond donors (Lipinski definition) is 0. The maximum absolute atomic E-state index is 13.0. The molecular weight excluding hydrogens is 388 g/mol. The van der Waals surface area contributed by atoms with E-state index >= 15 is 0 Å². The summed E-state index contributed by atoms with van der Waals surface area (Å²) in [4.78, 5) is 26.4. The van der Waals surface area contributed by atoms with E-state index in [9.17, 15) is 14.9 Å². The highest BCUT2D eigenvalue weighted by Gasteiger charge is 2.49. The van der Waals surface area contributed by atoms with Gasteiger partial charge >= 0.3 is 0 Å². The third-order valence-electron chi connectivity index (χ3n) is 4.85. The minimum Gasteiger partial charge on any atom is -0.497 e. The Balaban J connectivity index is 1.68. The minimum atomic E-state index is -0.423. The summed E-state index contributed by atoms with van der Waals surface area (Å²) in [5.41, 5.74) is 1.66. The molecule has 0 aromatic heterocycles. The first-order valence-electron chi connectivity index (χ1n) is 9.01. The highest BCUT2D eigenvalue weighted by atomic mass is 32.2. The topological polar surface area (TPSA) is 72.7 Å². The van der Waals surface area contributed by atoms with Crippen molar-refractivity contribution < 1.29 is 14.5 Å². The van der Waals surface area contributed by atoms with Crippen LogP contribution < -0.4 is 9.64 Å². The second-order valence-corrected chi connectivity index (χ2v) is 7.77. The number of nitro groups is 1. The summed E-state index contributed by atoms with van der Waals surface area (Å²) in [6.07, 6.45) is 0. The lowest BCUT2D eigenvalue weighted by molar-refractivity contribution is -0.384. The van der Waals surface area contributed by atoms with Crippen LogP contribution in [-0.4, -0.2) is 23.2 Å². The molecule has 0 saturated carbocycles. The molecule has 3 aromatic carbocycles. The van der Waals surface area contributed by atoms with Crippen molar-refractivity contribution in [3.8, 4) is 5.75 Å². The van der Waals surface area contributed by atoms with Gasteiger partial charge in [-0.3, -0.25) is 14.9 Å². The van der Waals surface area contributed by atoms with E-state index < -0.39 is 4.92 Å². The monoisotopic (exact) mass is 406 g/mol. The summed E-state index contributed by atoms with van der Waals surface area (Å²) in [7, 11) is 1.59. The Morgan fingerprint density at radius 1 is 0.966 bits per heavy atom. The van der Waals surface area contributed by atoms with Gasteiger partial charge < -0.3 is 9.64 Å². The lowest BCUT2D eigenvalue weighted by Crippen LogP contribution is -2.57. The highest BCUT2D eigenvalue weighted by molar-refractivity contribution is 8.00. The van der Waals surface area contributed by atoms with Gasteiger partial charge in [-0.2, -0.15) is 0 Å². The van der Waals surface area contributed by atoms with Crippen LogP contribution >= 0.6 is 11.8 Å². The first kappa shape index (κ1) is 19.0. The molecule has 3 aromatic rings. The summed E-state index contributed by atoms with van der Waals surface area (Å²) in [6.45, 7) is 0. The van der Waals surface area contributed by atoms with Crippen LogP contribution in [0, 0.1) is 10.1 Å². The minimum absolute atomic E-state index is 0.00683. The fourth-order valence-corrected chi connectivity index (χ4v) is 4.60. The summed E-state index contributed by atoms with van der Waals surface area (Å²) in [5.74, 6) is 0.719. The number of methoxy groups -OCH3 is 1. The molecule has 1 aliphatic rings. The van der Waals surface area contributed by atoms with E-state index in [2.05, 4.69) is 0 Å². The van der Waals surface area contributed by atoms with Crippen LogP contribution in [0.25, 0.3) is 0 Å². The summed E-state index contributed by atoms with van der Waals surface area (Å²) in [6, 6.07) is 23.3. The summed E-state index contributed by atoms with van der Waals surface area (Å²) in [5, 5.41) is 10.7. The van der Waals surface area contributed by atoms with Crippen LogP contribution in [0.15, 0.2) is 83.8 Å². The summed E-state index contributed by atoms with van der Waals surface area (Å²) < 4.78 is 5.20. The Labute approximate surface area is 172 Å². The number of rotatable bonds is 6. The standard InChI is InChI=1S/C22H18N2O4S/c1-28-18-13-11-16(12-14-18)23-20(15-7-9-17(10-8-15)24(26)27)21(22(23)25)29-19-5-3-2-4-6-19/h2-14,20-21H,1H3/t20-,21-/m0/s1. The van der Waals surface area contributed by atoms with Crippen molar-refractivity contribution in [3.63, 3.8) is 0 Å². The molecule has 2 atom stereocenters. The third-order valence-corrected chi connectivity index (χ3v) is 6.11. The van der Waals surface area contributed by atoms with Crippen molar-refractivity contribution >= 4 is 29.0 Å². The lowest BCUT2D eigenvalue weighted by Gasteiger charge is -2.47. The zero-order valence-electron chi connectivity index (χ0n) is 15.6. The van der Waals surface area contributed by atoms with Crippen molar-refractivity contribution in [3.05, 3.63) is 94.5 Å². The Morgan fingerprint density at radius 3 is 2.21 bits per heavy atom. The first-order chi connectivity index (χ1) is 14.1. The number of carbonyl (C=O) groups is 1. The Morgan fingerprint density at radius 2 is 1.62 bits per heavy atom. The fraction of sp³-hybridized carbons (Fsp3) is 0.136. The molecule has 0 aliphatic carbocycles. The smallest absolute Gasteiger partial charge is 0.269 e. The maximum Gasteiger partial charge on any atom is 0.269 e. The number of benzene rings is 3. The van der Waals surface area contributed by atoms with Crippen LogP contribution in [0.1, 0.15) is 11.6 Å². The normalized spacial score (nSPS) is 18.2. The number of hydrogen-bond acceptors (Lipinski definition) is 5. The number of ether oxygens (including phenoxy) is 1. The van der Waals surface area contributed by atoms with Gasteiger partial charge in [0.15, 0.2) is 0 Å². The number of non-ortho nitro benzene ring substituents is 1. The second-order valence-electron chi connectivity index (χ2n) is 6.55. The lowest BCUT2D eigenvalue weighted by atomic mass is 9.92. The molecule has 1 amide bonds. The quantitative estimate of drug-likeness (QED) is 0.332. The predicted octanol–water partition coefficient (Wildman–Crippen LogP) is 4.85. The van der Waals surface area contributed by atoms with Gasteiger partial charge in [-0.15, -0.1) is 11.8 Å². The molecule has 0 spiro atoms. The molecule has 0 unspecified atom stereocenters. The van der Waals surface area contributed by atoms with Crippen molar-refractivity contribution in [2.24, 2.45) is 0 Å². The van der Waals surface area contributed by atoms with E-state index in [-0.39, 0.29) is 22.9 Å². The Bertz CT molecular complexity index is 1020. The van der Waals surface area contributed by atoms with Crippen molar-refractivity contribution in [2.45, 2.75) is 16.2 Å². The van der Waals surface area contributed by atoms with E-state index in [1.165, 1.54) is 23.9 Å². The Kier molecular flexibility index (Phi) is 5.22. The number of nitro benzene ring substituents is 1. The molecule has 1 aliphatic heterocycles. The van der Waals surface area contributed by atoms with Gasteiger partial charge in [0.25, 0.3) is 5.69 Å². The third kappa shape index (κ3) is 3.69. The number of amides is 1. The van der Waals surface area contributed by atoms with E-state index in [1.54, 1.807) is 24.1 Å². The number of thioether (sulfide) groups is 1. The van der Waals surface area contributed by atoms with Crippen molar-refractivity contribution in [1.82, 2.24) is 0 Å². The molecule has 0 radical (unpaired) electrons. The van der Waals surface area contributed by atoms with Crippen LogP contribution in [0.3, 0.4) is 0 Å². The van der Waals surface area contributed by atoms with Gasteiger partial charge in [0.05, 0.1) is 18.1 Å². The molecule has 0 N–H and O–H groups in total. The predicted molar refractivity (Wildman–Crippen MR) is 112 cm³/mol. The van der Waals surface area contributed by atoms with Crippen molar-refractivity contribution in [2.75, 3.05) is 12.0 Å². The molecule has 1 heterocycles. The molecule has 146 valence electrons. The van der Waals surface area contributed by atoms with Gasteiger partial charge in [-0.05, 0) is 42.0 Å². The van der Waals surface area contributed by atoms with Gasteiger partial charge in [0.1, 0.15) is 11.0 Å². The Hall–Kier alpha value is -3.32. The van der Waals surface area contributed by atoms with Crippen molar-refractivity contribution in [1.29, 1.82) is 0 Å². The number of carbonyl (C=O) groups excluding carboxylic acids is 1.